The van der Waals surface area contributed by atoms with Crippen LogP contribution < -0.4 is 24.8 Å². The van der Waals surface area contributed by atoms with Crippen molar-refractivity contribution in [1.82, 2.24) is 0 Å². The van der Waals surface area contributed by atoms with Gasteiger partial charge in [0.15, 0.2) is 0 Å². The molecule has 7 rings (SSSR count). The Morgan fingerprint density at radius 2 is 1.44 bits per heavy atom. The zero-order chi connectivity index (χ0) is 24.5. The Morgan fingerprint density at radius 3 is 1.92 bits per heavy atom. The largest absolute Gasteiger partial charge is 1.00 e. The molecule has 6 heteroatoms. The zero-order valence-corrected chi connectivity index (χ0v) is 25.9. The van der Waals surface area contributed by atoms with Gasteiger partial charge in [0, 0.05) is 5.41 Å². The van der Waals surface area contributed by atoms with Gasteiger partial charge in [-0.05, 0) is 68.8 Å². The van der Waals surface area contributed by atoms with E-state index in [-0.39, 0.29) is 42.3 Å². The molecule has 2 nitrogen and oxygen atoms in total. The molecule has 0 aliphatic heterocycles. The molecule has 4 fully saturated rings. The average Bonchev–Trinajstić information content (AvgIpc) is 3.14. The Hall–Kier alpha value is -0.969. The molecule has 0 aromatic heterocycles. The number of aryl methyl sites for hydroxylation is 2. The van der Waals surface area contributed by atoms with Gasteiger partial charge in [0.1, 0.15) is 0 Å². The quantitative estimate of drug-likeness (QED) is 0.343. The van der Waals surface area contributed by atoms with E-state index < -0.39 is 0 Å². The fourth-order valence-corrected chi connectivity index (χ4v) is 6.76. The number of carbonyl (C=O) groups excluding carboxylic acids is 1. The van der Waals surface area contributed by atoms with Crippen molar-refractivity contribution >= 4 is 22.9 Å². The summed E-state index contributed by atoms with van der Waals surface area (Å²) in [5.74, 6) is 2.12. The van der Waals surface area contributed by atoms with Crippen molar-refractivity contribution in [1.29, 1.82) is 0 Å². The van der Waals surface area contributed by atoms with Gasteiger partial charge in [-0.3, -0.25) is 0 Å². The molecule has 0 spiro atoms. The van der Waals surface area contributed by atoms with E-state index in [0.717, 1.165) is 37.0 Å². The van der Waals surface area contributed by atoms with Gasteiger partial charge in [0.25, 0.3) is 0 Å². The monoisotopic (exact) mass is 573 g/mol. The predicted molar refractivity (Wildman–Crippen MR) is 142 cm³/mol. The second kappa shape index (κ2) is 13.2. The summed E-state index contributed by atoms with van der Waals surface area (Å²) < 4.78 is 0. The summed E-state index contributed by atoms with van der Waals surface area (Å²) in [7, 11) is 0. The van der Waals surface area contributed by atoms with Crippen LogP contribution in [0.1, 0.15) is 49.7 Å². The first-order valence-electron chi connectivity index (χ1n) is 12.7. The number of nitrogens with one attached hydrogen (secondary N) is 1. The third-order valence-corrected chi connectivity index (χ3v) is 7.78. The normalized spacial score (nSPS) is 24.9. The first-order valence-corrected chi connectivity index (χ1v) is 17.5. The standard InChI is InChI=1S/C17H15.C11H17NO.C2H6Si.2ClH.Ti/c1-12-6-8-14(9-7-12)16-5-3-4-15-10-13(2)11-17(15)16;12-10(13)11-4-7-1-8(5-11)3-9(2-7)6-11;1-3-2;;;/h3-11H,1-2H3;7-9H,1-6H2,(H2,12,13);1-2H3;2*1H;/q-1;;;;;+2/p-3. The molecule has 4 saturated carbocycles. The van der Waals surface area contributed by atoms with Crippen LogP contribution in [0.2, 0.25) is 13.1 Å². The van der Waals surface area contributed by atoms with Crippen LogP contribution >= 0.6 is 0 Å². The fraction of sp³-hybridized carbons (Fsp3) is 0.467. The van der Waals surface area contributed by atoms with Crippen molar-refractivity contribution in [2.45, 2.75) is 65.5 Å². The minimum atomic E-state index is -0.258. The van der Waals surface area contributed by atoms with Crippen molar-refractivity contribution in [3.63, 3.8) is 0 Å². The maximum Gasteiger partial charge on any atom is 0.0550 e. The number of halogens is 2. The van der Waals surface area contributed by atoms with Gasteiger partial charge in [-0.1, -0.05) is 48.4 Å². The first-order chi connectivity index (χ1) is 16.1. The second-order valence-electron chi connectivity index (χ2n) is 11.2. The Morgan fingerprint density at radius 1 is 0.944 bits per heavy atom. The molecule has 3 aromatic rings. The van der Waals surface area contributed by atoms with E-state index >= 15 is 0 Å². The molecule has 4 aliphatic carbocycles. The van der Waals surface area contributed by atoms with Gasteiger partial charge in [-0.2, -0.15) is 6.07 Å². The van der Waals surface area contributed by atoms with Crippen LogP contribution in [0.3, 0.4) is 0 Å². The maximum absolute atomic E-state index is 11.4. The number of hydrogen-bond donors (Lipinski definition) is 0. The molecule has 4 aliphatic rings. The summed E-state index contributed by atoms with van der Waals surface area (Å²) in [6, 6.07) is 19.8. The molecule has 0 unspecified atom stereocenters. The van der Waals surface area contributed by atoms with E-state index in [0.29, 0.717) is 0 Å². The van der Waals surface area contributed by atoms with E-state index in [1.54, 1.807) is 0 Å². The van der Waals surface area contributed by atoms with Crippen LogP contribution in [0, 0.1) is 37.0 Å². The number of benzene rings is 2. The summed E-state index contributed by atoms with van der Waals surface area (Å²) in [6.07, 6.45) is 7.31. The summed E-state index contributed by atoms with van der Waals surface area (Å²) in [5, 5.41) is 2.69. The summed E-state index contributed by atoms with van der Waals surface area (Å²) in [6.45, 7) is 8.81. The van der Waals surface area contributed by atoms with E-state index in [2.05, 4.69) is 101 Å². The molecule has 0 saturated heterocycles. The molecule has 1 N–H and O–H groups in total. The van der Waals surface area contributed by atoms with Gasteiger partial charge in [0.05, 0.1) is 5.91 Å². The van der Waals surface area contributed by atoms with Crippen molar-refractivity contribution < 1.29 is 48.8 Å². The smallest absolute Gasteiger partial charge is 0.0550 e. The second-order valence-corrected chi connectivity index (χ2v) is 17.9. The van der Waals surface area contributed by atoms with E-state index in [4.69, 9.17) is 5.73 Å². The number of fused-ring (bicyclic) bond motifs is 1. The number of rotatable bonds is 2. The van der Waals surface area contributed by atoms with Crippen molar-refractivity contribution in [3.8, 4) is 11.1 Å². The first kappa shape index (κ1) is 31.3. The molecule has 4 bridgehead atoms. The molecule has 3 aromatic carbocycles. The van der Waals surface area contributed by atoms with Gasteiger partial charge in [0.2, 0.25) is 0 Å². The number of hydrogen-bond acceptors (Lipinski definition) is 1. The number of amides is 1. The minimum Gasteiger partial charge on any atom is -1.00 e. The zero-order valence-electron chi connectivity index (χ0n) is 21.8. The van der Waals surface area contributed by atoms with E-state index in [1.807, 2.05) is 0 Å². The Balaban J connectivity index is 0.000000215. The Labute approximate surface area is 241 Å². The van der Waals surface area contributed by atoms with Crippen LogP contribution in [-0.2, 0) is 24.0 Å². The van der Waals surface area contributed by atoms with E-state index in [1.165, 1.54) is 52.3 Å². The SMILES string of the molecule is C[Si](C)=[Ti+2].Cc1ccc(-c2cccc3[cH-]c(C)cc23)cc1.[Cl-].[Cl-].[NH-]C(=O)C12CC3CC(CC(C3)C1)C2. The number of carbonyl (C=O) groups is 1. The predicted octanol–water partition coefficient (Wildman–Crippen LogP) is 2.42. The summed E-state index contributed by atoms with van der Waals surface area (Å²) >= 11 is 2.27. The van der Waals surface area contributed by atoms with Crippen LogP contribution in [0.15, 0.2) is 54.6 Å². The van der Waals surface area contributed by atoms with E-state index in [9.17, 15) is 4.79 Å². The van der Waals surface area contributed by atoms with Gasteiger partial charge in [-0.15, -0.1) is 34.5 Å². The summed E-state index contributed by atoms with van der Waals surface area (Å²) in [5.41, 5.74) is 12.5. The fourth-order valence-electron chi connectivity index (χ4n) is 6.76. The van der Waals surface area contributed by atoms with Gasteiger partial charge < -0.3 is 35.3 Å². The molecule has 1 amide bonds. The molecule has 0 radical (unpaired) electrons. The molecular weight excluding hydrogens is 537 g/mol. The third-order valence-electron chi connectivity index (χ3n) is 7.78. The Bertz CT molecular complexity index is 1150. The molecule has 36 heavy (non-hydrogen) atoms. The van der Waals surface area contributed by atoms with Crippen LogP contribution in [-0.4, -0.2) is 12.1 Å². The molecule has 192 valence electrons. The average molecular weight is 574 g/mol. The molecule has 0 heterocycles. The van der Waals surface area contributed by atoms with Crippen molar-refractivity contribution in [2.24, 2.45) is 23.2 Å². The van der Waals surface area contributed by atoms with Crippen LogP contribution in [0.5, 0.6) is 0 Å². The third kappa shape index (κ3) is 7.32. The molecular formula is C30H37Cl2NOSiTi-2. The van der Waals surface area contributed by atoms with Gasteiger partial charge >= 0.3 is 38.5 Å². The molecule has 0 atom stereocenters. The minimum absolute atomic E-state index is 0. The van der Waals surface area contributed by atoms with Crippen LogP contribution in [0.4, 0.5) is 0 Å². The summed E-state index contributed by atoms with van der Waals surface area (Å²) in [4.78, 5) is 11.4. The van der Waals surface area contributed by atoms with Crippen LogP contribution in [0.25, 0.3) is 27.6 Å². The van der Waals surface area contributed by atoms with Crippen molar-refractivity contribution in [3.05, 3.63) is 71.5 Å². The topological polar surface area (TPSA) is 40.9 Å². The van der Waals surface area contributed by atoms with Gasteiger partial charge in [-0.25, -0.2) is 0 Å². The van der Waals surface area contributed by atoms with Crippen molar-refractivity contribution in [2.75, 3.05) is 0 Å². The maximum atomic E-state index is 11.4. The Kier molecular flexibility index (Phi) is 11.5.